The summed E-state index contributed by atoms with van der Waals surface area (Å²) in [5, 5.41) is 8.77. The van der Waals surface area contributed by atoms with Gasteiger partial charge in [-0.1, -0.05) is 25.7 Å². The second-order valence-electron chi connectivity index (χ2n) is 4.87. The fourth-order valence-electron chi connectivity index (χ4n) is 2.43. The molecule has 0 fully saturated rings. The first-order valence-corrected chi connectivity index (χ1v) is 7.13. The molecule has 0 unspecified atom stereocenters. The zero-order valence-electron chi connectivity index (χ0n) is 12.9. The van der Waals surface area contributed by atoms with E-state index < -0.39 is 0 Å². The summed E-state index contributed by atoms with van der Waals surface area (Å²) in [5.74, 6) is 6.51. The molecule has 0 amide bonds. The summed E-state index contributed by atoms with van der Waals surface area (Å²) >= 11 is 0. The number of hydrogen-bond acceptors (Lipinski definition) is 3. The van der Waals surface area contributed by atoms with Gasteiger partial charge in [0.1, 0.15) is 12.4 Å². The summed E-state index contributed by atoms with van der Waals surface area (Å²) in [6.45, 7) is 5.15. The Morgan fingerprint density at radius 3 is 2.55 bits per heavy atom. The van der Waals surface area contributed by atoms with Gasteiger partial charge in [0.05, 0.1) is 7.11 Å². The molecule has 1 aromatic carbocycles. The molecule has 0 saturated heterocycles. The van der Waals surface area contributed by atoms with Crippen molar-refractivity contribution in [3.05, 3.63) is 29.3 Å². The van der Waals surface area contributed by atoms with Crippen LogP contribution in [0, 0.1) is 11.8 Å². The molecule has 3 heteroatoms. The van der Waals surface area contributed by atoms with E-state index >= 15 is 0 Å². The Balaban J connectivity index is 2.96. The molecule has 0 radical (unpaired) electrons. The minimum atomic E-state index is -0.116. The molecule has 1 N–H and O–H groups in total. The first kappa shape index (κ1) is 16.6. The van der Waals surface area contributed by atoms with Crippen LogP contribution in [-0.2, 0) is 6.54 Å². The van der Waals surface area contributed by atoms with Gasteiger partial charge in [-0.05, 0) is 38.1 Å². The molecule has 0 spiro atoms. The predicted octanol–water partition coefficient (Wildman–Crippen LogP) is 2.66. The lowest BCUT2D eigenvalue weighted by atomic mass is 10.1. The molecule has 110 valence electrons. The Kier molecular flexibility index (Phi) is 7.14. The molecule has 0 aliphatic rings. The van der Waals surface area contributed by atoms with E-state index in [2.05, 4.69) is 37.6 Å². The fourth-order valence-corrected chi connectivity index (χ4v) is 2.43. The van der Waals surface area contributed by atoms with Gasteiger partial charge in [-0.2, -0.15) is 0 Å². The zero-order valence-corrected chi connectivity index (χ0v) is 12.9. The lowest BCUT2D eigenvalue weighted by molar-refractivity contribution is 0.219. The van der Waals surface area contributed by atoms with Crippen molar-refractivity contribution in [1.29, 1.82) is 0 Å². The van der Waals surface area contributed by atoms with Crippen molar-refractivity contribution < 1.29 is 9.84 Å². The van der Waals surface area contributed by atoms with Crippen LogP contribution >= 0.6 is 0 Å². The van der Waals surface area contributed by atoms with Crippen LogP contribution in [0.3, 0.4) is 0 Å². The third-order valence-corrected chi connectivity index (χ3v) is 3.58. The van der Waals surface area contributed by atoms with E-state index in [1.54, 1.807) is 7.11 Å². The molecule has 0 aromatic heterocycles. The van der Waals surface area contributed by atoms with E-state index in [4.69, 9.17) is 9.84 Å². The summed E-state index contributed by atoms with van der Waals surface area (Å²) in [7, 11) is 3.83. The zero-order chi connectivity index (χ0) is 15.0. The van der Waals surface area contributed by atoms with Gasteiger partial charge in [-0.15, -0.1) is 0 Å². The number of rotatable bonds is 6. The summed E-state index contributed by atoms with van der Waals surface area (Å²) in [6, 6.07) is 6.48. The molecule has 1 aromatic rings. The summed E-state index contributed by atoms with van der Waals surface area (Å²) in [6.07, 6.45) is 2.28. The second-order valence-corrected chi connectivity index (χ2v) is 4.87. The van der Waals surface area contributed by atoms with E-state index in [0.717, 1.165) is 36.3 Å². The van der Waals surface area contributed by atoms with Crippen molar-refractivity contribution in [3.8, 4) is 17.6 Å². The SMILES string of the molecule is CCC(CC)N(C)Cc1cc(C#CCO)ccc1OC. The van der Waals surface area contributed by atoms with Crippen LogP contribution in [0.5, 0.6) is 5.75 Å². The van der Waals surface area contributed by atoms with Crippen LogP contribution in [-0.4, -0.2) is 36.8 Å². The monoisotopic (exact) mass is 275 g/mol. The minimum absolute atomic E-state index is 0.116. The first-order valence-electron chi connectivity index (χ1n) is 7.13. The highest BCUT2D eigenvalue weighted by Gasteiger charge is 2.13. The molecule has 3 nitrogen and oxygen atoms in total. The molecule has 0 aliphatic carbocycles. The van der Waals surface area contributed by atoms with Crippen LogP contribution in [0.15, 0.2) is 18.2 Å². The molecule has 0 heterocycles. The molecule has 20 heavy (non-hydrogen) atoms. The van der Waals surface area contributed by atoms with E-state index in [-0.39, 0.29) is 6.61 Å². The highest BCUT2D eigenvalue weighted by atomic mass is 16.5. The summed E-state index contributed by atoms with van der Waals surface area (Å²) in [5.41, 5.74) is 2.04. The predicted molar refractivity (Wildman–Crippen MR) is 82.8 cm³/mol. The maximum Gasteiger partial charge on any atom is 0.123 e. The third-order valence-electron chi connectivity index (χ3n) is 3.58. The number of hydrogen-bond donors (Lipinski definition) is 1. The van der Waals surface area contributed by atoms with Gasteiger partial charge in [-0.3, -0.25) is 4.90 Å². The molecule has 0 atom stereocenters. The van der Waals surface area contributed by atoms with E-state index in [9.17, 15) is 0 Å². The van der Waals surface area contributed by atoms with Crippen LogP contribution in [0.25, 0.3) is 0 Å². The highest BCUT2D eigenvalue weighted by molar-refractivity contribution is 5.44. The molecular formula is C17H25NO2. The van der Waals surface area contributed by atoms with Crippen LogP contribution in [0.2, 0.25) is 0 Å². The Labute approximate surface area is 122 Å². The maximum absolute atomic E-state index is 8.77. The first-order chi connectivity index (χ1) is 9.65. The van der Waals surface area contributed by atoms with E-state index in [0.29, 0.717) is 6.04 Å². The Morgan fingerprint density at radius 2 is 2.00 bits per heavy atom. The number of aliphatic hydroxyl groups is 1. The van der Waals surface area contributed by atoms with Gasteiger partial charge in [0, 0.05) is 23.7 Å². The van der Waals surface area contributed by atoms with Gasteiger partial charge in [0.25, 0.3) is 0 Å². The second kappa shape index (κ2) is 8.63. The number of aliphatic hydroxyl groups excluding tert-OH is 1. The smallest absolute Gasteiger partial charge is 0.123 e. The molecule has 0 aliphatic heterocycles. The van der Waals surface area contributed by atoms with Crippen molar-refractivity contribution in [3.63, 3.8) is 0 Å². The molecule has 0 saturated carbocycles. The summed E-state index contributed by atoms with van der Waals surface area (Å²) < 4.78 is 5.43. The topological polar surface area (TPSA) is 32.7 Å². The third kappa shape index (κ3) is 4.56. The van der Waals surface area contributed by atoms with Crippen molar-refractivity contribution in [2.24, 2.45) is 0 Å². The van der Waals surface area contributed by atoms with Gasteiger partial charge < -0.3 is 9.84 Å². The van der Waals surface area contributed by atoms with Crippen LogP contribution < -0.4 is 4.74 Å². The quantitative estimate of drug-likeness (QED) is 0.810. The molecular weight excluding hydrogens is 250 g/mol. The Hall–Kier alpha value is -1.50. The fraction of sp³-hybridized carbons (Fsp3) is 0.529. The van der Waals surface area contributed by atoms with Crippen molar-refractivity contribution in [1.82, 2.24) is 4.90 Å². The lowest BCUT2D eigenvalue weighted by Crippen LogP contribution is -2.30. The number of methoxy groups -OCH3 is 1. The molecule has 0 bridgehead atoms. The summed E-state index contributed by atoms with van der Waals surface area (Å²) in [4.78, 5) is 2.35. The number of benzene rings is 1. The number of ether oxygens (including phenoxy) is 1. The largest absolute Gasteiger partial charge is 0.496 e. The molecule has 1 rings (SSSR count). The van der Waals surface area contributed by atoms with Gasteiger partial charge >= 0.3 is 0 Å². The van der Waals surface area contributed by atoms with Crippen molar-refractivity contribution in [2.75, 3.05) is 20.8 Å². The van der Waals surface area contributed by atoms with Crippen molar-refractivity contribution in [2.45, 2.75) is 39.3 Å². The van der Waals surface area contributed by atoms with Crippen LogP contribution in [0.1, 0.15) is 37.8 Å². The minimum Gasteiger partial charge on any atom is -0.496 e. The van der Waals surface area contributed by atoms with Gasteiger partial charge in [0.2, 0.25) is 0 Å². The average Bonchev–Trinajstić information content (AvgIpc) is 2.46. The lowest BCUT2D eigenvalue weighted by Gasteiger charge is -2.26. The average molecular weight is 275 g/mol. The van der Waals surface area contributed by atoms with E-state index in [1.165, 1.54) is 0 Å². The standard InChI is InChI=1S/C17H25NO2/c1-5-16(6-2)18(3)13-15-12-14(8-7-11-19)9-10-17(15)20-4/h9-10,12,16,19H,5-6,11,13H2,1-4H3. The highest BCUT2D eigenvalue weighted by Crippen LogP contribution is 2.22. The Morgan fingerprint density at radius 1 is 1.30 bits per heavy atom. The van der Waals surface area contributed by atoms with Crippen LogP contribution in [0.4, 0.5) is 0 Å². The van der Waals surface area contributed by atoms with Crippen molar-refractivity contribution >= 4 is 0 Å². The normalized spacial score (nSPS) is 10.6. The van der Waals surface area contributed by atoms with E-state index in [1.807, 2.05) is 18.2 Å². The Bertz CT molecular complexity index is 470. The van der Waals surface area contributed by atoms with Gasteiger partial charge in [-0.25, -0.2) is 0 Å². The van der Waals surface area contributed by atoms with Gasteiger partial charge in [0.15, 0.2) is 0 Å². The maximum atomic E-state index is 8.77. The number of nitrogens with zero attached hydrogens (tertiary/aromatic N) is 1.